The zero-order valence-corrected chi connectivity index (χ0v) is 13.8. The molecule has 1 aromatic heterocycles. The van der Waals surface area contributed by atoms with E-state index in [-0.39, 0.29) is 23.6 Å². The molecule has 0 saturated carbocycles. The zero-order chi connectivity index (χ0) is 16.5. The summed E-state index contributed by atoms with van der Waals surface area (Å²) in [5.74, 6) is 0.246. The Labute approximate surface area is 130 Å². The Morgan fingerprint density at radius 3 is 2.77 bits per heavy atom. The topological polar surface area (TPSA) is 88.6 Å². The van der Waals surface area contributed by atoms with Gasteiger partial charge in [0.2, 0.25) is 0 Å². The van der Waals surface area contributed by atoms with Crippen molar-refractivity contribution in [1.29, 1.82) is 0 Å². The van der Waals surface area contributed by atoms with Gasteiger partial charge in [0.25, 0.3) is 0 Å². The maximum atomic E-state index is 12.1. The molecule has 7 heteroatoms. The molecular weight excluding hydrogens is 286 g/mol. The first kappa shape index (κ1) is 16.9. The largest absolute Gasteiger partial charge is 0.383 e. The van der Waals surface area contributed by atoms with E-state index < -0.39 is 11.9 Å². The minimum Gasteiger partial charge on any atom is -0.383 e. The van der Waals surface area contributed by atoms with Crippen LogP contribution in [0.15, 0.2) is 11.0 Å². The molecule has 1 fully saturated rings. The van der Waals surface area contributed by atoms with Crippen LogP contribution in [0.5, 0.6) is 0 Å². The third kappa shape index (κ3) is 3.85. The van der Waals surface area contributed by atoms with Crippen molar-refractivity contribution in [3.05, 3.63) is 22.2 Å². The number of aromatic nitrogens is 2. The summed E-state index contributed by atoms with van der Waals surface area (Å²) in [7, 11) is 1.62. The van der Waals surface area contributed by atoms with Gasteiger partial charge in [0, 0.05) is 25.3 Å². The summed E-state index contributed by atoms with van der Waals surface area (Å²) in [5, 5.41) is 0. The normalized spacial score (nSPS) is 25.6. The number of rotatable bonds is 4. The summed E-state index contributed by atoms with van der Waals surface area (Å²) < 4.78 is 18.7. The number of nitrogens with two attached hydrogens (primary N) is 1. The van der Waals surface area contributed by atoms with Crippen LogP contribution < -0.4 is 11.4 Å². The summed E-state index contributed by atoms with van der Waals surface area (Å²) in [5.41, 5.74) is 5.69. The summed E-state index contributed by atoms with van der Waals surface area (Å²) in [6.45, 7) is 8.19. The molecule has 1 aliphatic heterocycles. The average molecular weight is 311 g/mol. The zero-order valence-electron chi connectivity index (χ0n) is 13.8. The van der Waals surface area contributed by atoms with E-state index >= 15 is 0 Å². The van der Waals surface area contributed by atoms with Gasteiger partial charge in [0.1, 0.15) is 18.1 Å². The number of ether oxygens (including phenoxy) is 3. The fourth-order valence-electron chi connectivity index (χ4n) is 2.55. The fourth-order valence-corrected chi connectivity index (χ4v) is 2.55. The monoisotopic (exact) mass is 311 g/mol. The Kier molecular flexibility index (Phi) is 4.89. The van der Waals surface area contributed by atoms with Gasteiger partial charge in [-0.2, -0.15) is 4.98 Å². The summed E-state index contributed by atoms with van der Waals surface area (Å²) in [4.78, 5) is 15.9. The van der Waals surface area contributed by atoms with Crippen molar-refractivity contribution >= 4 is 5.82 Å². The molecule has 0 spiro atoms. The Hall–Kier alpha value is -1.44. The van der Waals surface area contributed by atoms with Crippen LogP contribution in [-0.2, 0) is 14.2 Å². The van der Waals surface area contributed by atoms with Crippen LogP contribution in [0.2, 0.25) is 0 Å². The molecule has 22 heavy (non-hydrogen) atoms. The standard InChI is InChI=1S/C15H25N3O4/c1-9-7-18(14(19)17-13(9)16)12-6-10(22-15(2,3)4)11(21-12)8-20-5/h7,10-12H,6,8H2,1-5H3,(H2,16,17,19)/t10?,11-,12-/m1/s1. The van der Waals surface area contributed by atoms with E-state index in [0.717, 1.165) is 5.56 Å². The van der Waals surface area contributed by atoms with Crippen LogP contribution in [0.1, 0.15) is 39.0 Å². The number of nitrogen functional groups attached to an aromatic ring is 1. The highest BCUT2D eigenvalue weighted by atomic mass is 16.6. The van der Waals surface area contributed by atoms with E-state index in [1.165, 1.54) is 4.57 Å². The molecule has 0 amide bonds. The summed E-state index contributed by atoms with van der Waals surface area (Å²) >= 11 is 0. The average Bonchev–Trinajstić information content (AvgIpc) is 2.75. The third-order valence-electron chi connectivity index (χ3n) is 3.50. The second-order valence-corrected chi connectivity index (χ2v) is 6.59. The molecule has 0 aromatic carbocycles. The van der Waals surface area contributed by atoms with Crippen molar-refractivity contribution in [2.24, 2.45) is 0 Å². The lowest BCUT2D eigenvalue weighted by molar-refractivity contribution is -0.110. The highest BCUT2D eigenvalue weighted by molar-refractivity contribution is 5.35. The number of hydrogen-bond acceptors (Lipinski definition) is 6. The summed E-state index contributed by atoms with van der Waals surface area (Å²) in [6.07, 6.45) is 1.45. The van der Waals surface area contributed by atoms with Gasteiger partial charge >= 0.3 is 5.69 Å². The third-order valence-corrected chi connectivity index (χ3v) is 3.50. The smallest absolute Gasteiger partial charge is 0.351 e. The molecule has 7 nitrogen and oxygen atoms in total. The Balaban J connectivity index is 2.23. The van der Waals surface area contributed by atoms with Gasteiger partial charge in [0.15, 0.2) is 0 Å². The molecule has 2 heterocycles. The van der Waals surface area contributed by atoms with Crippen LogP contribution in [0.3, 0.4) is 0 Å². The molecule has 1 unspecified atom stereocenters. The SMILES string of the molecule is COC[C@H]1O[C@@H](n2cc(C)c(N)nc2=O)CC1OC(C)(C)C. The lowest BCUT2D eigenvalue weighted by atomic mass is 10.1. The van der Waals surface area contributed by atoms with Gasteiger partial charge in [-0.3, -0.25) is 4.57 Å². The Morgan fingerprint density at radius 2 is 2.18 bits per heavy atom. The maximum absolute atomic E-state index is 12.1. The number of aryl methyl sites for hydroxylation is 1. The Morgan fingerprint density at radius 1 is 1.50 bits per heavy atom. The van der Waals surface area contributed by atoms with Crippen LogP contribution in [0, 0.1) is 6.92 Å². The van der Waals surface area contributed by atoms with Crippen molar-refractivity contribution < 1.29 is 14.2 Å². The van der Waals surface area contributed by atoms with Gasteiger partial charge in [-0.1, -0.05) is 0 Å². The first-order valence-corrected chi connectivity index (χ1v) is 7.38. The fraction of sp³-hybridized carbons (Fsp3) is 0.733. The van der Waals surface area contributed by atoms with Crippen molar-refractivity contribution in [2.45, 2.75) is 58.2 Å². The van der Waals surface area contributed by atoms with Gasteiger partial charge in [-0.05, 0) is 27.7 Å². The molecular formula is C15H25N3O4. The molecule has 124 valence electrons. The first-order valence-electron chi connectivity index (χ1n) is 7.38. The second-order valence-electron chi connectivity index (χ2n) is 6.59. The van der Waals surface area contributed by atoms with Gasteiger partial charge in [0.05, 0.1) is 18.3 Å². The second kappa shape index (κ2) is 6.36. The van der Waals surface area contributed by atoms with Crippen molar-refractivity contribution in [3.63, 3.8) is 0 Å². The van der Waals surface area contributed by atoms with Crippen LogP contribution in [0.25, 0.3) is 0 Å². The predicted molar refractivity (Wildman–Crippen MR) is 82.7 cm³/mol. The van der Waals surface area contributed by atoms with E-state index in [1.54, 1.807) is 13.3 Å². The highest BCUT2D eigenvalue weighted by Crippen LogP contribution is 2.32. The van der Waals surface area contributed by atoms with E-state index in [2.05, 4.69) is 4.98 Å². The van der Waals surface area contributed by atoms with Crippen LogP contribution >= 0.6 is 0 Å². The van der Waals surface area contributed by atoms with Crippen molar-refractivity contribution in [1.82, 2.24) is 9.55 Å². The summed E-state index contributed by atoms with van der Waals surface area (Å²) in [6, 6.07) is 0. The molecule has 3 atom stereocenters. The molecule has 2 N–H and O–H groups in total. The maximum Gasteiger partial charge on any atom is 0.351 e. The minimum absolute atomic E-state index is 0.144. The number of anilines is 1. The van der Waals surface area contributed by atoms with Gasteiger partial charge < -0.3 is 19.9 Å². The quantitative estimate of drug-likeness (QED) is 0.900. The van der Waals surface area contributed by atoms with Crippen LogP contribution in [-0.4, -0.2) is 41.1 Å². The van der Waals surface area contributed by atoms with E-state index in [0.29, 0.717) is 13.0 Å². The lowest BCUT2D eigenvalue weighted by Crippen LogP contribution is -2.35. The van der Waals surface area contributed by atoms with E-state index in [9.17, 15) is 4.79 Å². The van der Waals surface area contributed by atoms with Crippen LogP contribution in [0.4, 0.5) is 5.82 Å². The first-order chi connectivity index (χ1) is 10.2. The van der Waals surface area contributed by atoms with E-state index in [1.807, 2.05) is 27.7 Å². The highest BCUT2D eigenvalue weighted by Gasteiger charge is 2.39. The van der Waals surface area contributed by atoms with Crippen molar-refractivity contribution in [3.8, 4) is 0 Å². The van der Waals surface area contributed by atoms with Gasteiger partial charge in [-0.15, -0.1) is 0 Å². The predicted octanol–water partition coefficient (Wildman–Crippen LogP) is 1.25. The molecule has 0 radical (unpaired) electrons. The molecule has 1 aliphatic rings. The number of hydrogen-bond donors (Lipinski definition) is 1. The lowest BCUT2D eigenvalue weighted by Gasteiger charge is -2.27. The molecule has 0 bridgehead atoms. The molecule has 2 rings (SSSR count). The molecule has 1 saturated heterocycles. The number of nitrogens with zero attached hydrogens (tertiary/aromatic N) is 2. The van der Waals surface area contributed by atoms with Gasteiger partial charge in [-0.25, -0.2) is 4.79 Å². The van der Waals surface area contributed by atoms with Crippen molar-refractivity contribution in [2.75, 3.05) is 19.5 Å². The minimum atomic E-state index is -0.424. The molecule has 0 aliphatic carbocycles. The Bertz CT molecular complexity index is 579. The molecule has 1 aromatic rings. The van der Waals surface area contributed by atoms with E-state index in [4.69, 9.17) is 19.9 Å². The number of methoxy groups -OCH3 is 1.